The number of thiophene rings is 1. The molecule has 0 amide bonds. The zero-order valence-electron chi connectivity index (χ0n) is 11.2. The molecule has 2 aromatic heterocycles. The van der Waals surface area contributed by atoms with Gasteiger partial charge < -0.3 is 4.98 Å². The van der Waals surface area contributed by atoms with E-state index in [9.17, 15) is 0 Å². The number of nitrogens with one attached hydrogen (secondary N) is 1. The van der Waals surface area contributed by atoms with E-state index in [0.717, 1.165) is 24.6 Å². The van der Waals surface area contributed by atoms with E-state index in [0.29, 0.717) is 0 Å². The fraction of sp³-hybridized carbons (Fsp3) is 0.267. The Morgan fingerprint density at radius 1 is 1.26 bits per heavy atom. The molecule has 1 N–H and O–H groups in total. The Bertz CT molecular complexity index is 683. The summed E-state index contributed by atoms with van der Waals surface area (Å²) >= 11 is 1.79. The number of aromatic nitrogens is 2. The number of aryl methyl sites for hydroxylation is 1. The van der Waals surface area contributed by atoms with Crippen LogP contribution in [0.2, 0.25) is 0 Å². The zero-order chi connectivity index (χ0) is 13.2. The molecule has 0 aliphatic heterocycles. The van der Waals surface area contributed by atoms with Gasteiger partial charge in [0.15, 0.2) is 0 Å². The summed E-state index contributed by atoms with van der Waals surface area (Å²) in [5.74, 6) is 1.02. The molecule has 4 heteroatoms. The summed E-state index contributed by atoms with van der Waals surface area (Å²) < 4.78 is 1.35. The first kappa shape index (κ1) is 12.4. The number of hydrogen-bond donors (Lipinski definition) is 1. The highest BCUT2D eigenvalue weighted by atomic mass is 32.1. The van der Waals surface area contributed by atoms with Gasteiger partial charge in [0.2, 0.25) is 0 Å². The average molecular weight is 271 g/mol. The third kappa shape index (κ3) is 2.85. The second-order valence-corrected chi connectivity index (χ2v) is 5.93. The van der Waals surface area contributed by atoms with Gasteiger partial charge >= 0.3 is 0 Å². The van der Waals surface area contributed by atoms with Crippen molar-refractivity contribution in [3.63, 3.8) is 0 Å². The molecule has 2 heterocycles. The molecule has 0 saturated carbocycles. The van der Waals surface area contributed by atoms with Crippen LogP contribution >= 0.6 is 11.3 Å². The summed E-state index contributed by atoms with van der Waals surface area (Å²) in [4.78, 5) is 9.88. The van der Waals surface area contributed by atoms with Crippen molar-refractivity contribution in [2.75, 3.05) is 7.05 Å². The maximum atomic E-state index is 4.34. The fourth-order valence-electron chi connectivity index (χ4n) is 2.28. The highest BCUT2D eigenvalue weighted by Gasteiger charge is 2.05. The van der Waals surface area contributed by atoms with E-state index in [1.54, 1.807) is 11.3 Å². The van der Waals surface area contributed by atoms with Crippen LogP contribution in [0, 0.1) is 6.92 Å². The summed E-state index contributed by atoms with van der Waals surface area (Å²) in [6.45, 7) is 3.81. The summed E-state index contributed by atoms with van der Waals surface area (Å²) in [6.07, 6.45) is 1.88. The molecule has 0 fully saturated rings. The maximum absolute atomic E-state index is 4.34. The fourth-order valence-corrected chi connectivity index (χ4v) is 3.06. The van der Waals surface area contributed by atoms with Crippen molar-refractivity contribution in [1.82, 2.24) is 14.9 Å². The minimum absolute atomic E-state index is 0.843. The standard InChI is InChI=1S/C15H17N3S/c1-11-8-16-15(17-11)10-18(2)9-12-3-4-14-13(7-12)5-6-19-14/h3-8H,9-10H2,1-2H3,(H,16,17). The van der Waals surface area contributed by atoms with Gasteiger partial charge in [-0.05, 0) is 48.5 Å². The third-order valence-electron chi connectivity index (χ3n) is 3.14. The Morgan fingerprint density at radius 3 is 2.95 bits per heavy atom. The Hall–Kier alpha value is -1.65. The van der Waals surface area contributed by atoms with Crippen LogP contribution in [-0.4, -0.2) is 21.9 Å². The first-order chi connectivity index (χ1) is 9.20. The highest BCUT2D eigenvalue weighted by molar-refractivity contribution is 7.17. The lowest BCUT2D eigenvalue weighted by Gasteiger charge is -2.15. The van der Waals surface area contributed by atoms with E-state index in [-0.39, 0.29) is 0 Å². The van der Waals surface area contributed by atoms with Crippen LogP contribution in [0.5, 0.6) is 0 Å². The molecule has 0 aliphatic rings. The van der Waals surface area contributed by atoms with Gasteiger partial charge in [0.1, 0.15) is 5.82 Å². The number of rotatable bonds is 4. The monoisotopic (exact) mass is 271 g/mol. The molecule has 3 rings (SSSR count). The number of benzene rings is 1. The van der Waals surface area contributed by atoms with Crippen molar-refractivity contribution in [2.24, 2.45) is 0 Å². The Kier molecular flexibility index (Phi) is 3.36. The van der Waals surface area contributed by atoms with E-state index in [2.05, 4.69) is 51.6 Å². The lowest BCUT2D eigenvalue weighted by Crippen LogP contribution is -2.18. The van der Waals surface area contributed by atoms with Crippen LogP contribution in [0.3, 0.4) is 0 Å². The van der Waals surface area contributed by atoms with Crippen molar-refractivity contribution in [1.29, 1.82) is 0 Å². The van der Waals surface area contributed by atoms with Crippen LogP contribution in [-0.2, 0) is 13.1 Å². The van der Waals surface area contributed by atoms with E-state index in [1.165, 1.54) is 15.6 Å². The average Bonchev–Trinajstić information content (AvgIpc) is 2.97. The predicted octanol–water partition coefficient (Wildman–Crippen LogP) is 3.56. The lowest BCUT2D eigenvalue weighted by atomic mass is 10.1. The van der Waals surface area contributed by atoms with Gasteiger partial charge in [-0.3, -0.25) is 4.90 Å². The van der Waals surface area contributed by atoms with Crippen molar-refractivity contribution >= 4 is 21.4 Å². The molecule has 0 bridgehead atoms. The van der Waals surface area contributed by atoms with Gasteiger partial charge in [-0.2, -0.15) is 0 Å². The SMILES string of the molecule is Cc1cnc(CN(C)Cc2ccc3sccc3c2)[nH]1. The van der Waals surface area contributed by atoms with E-state index in [1.807, 2.05) is 13.1 Å². The van der Waals surface area contributed by atoms with E-state index in [4.69, 9.17) is 0 Å². The zero-order valence-corrected chi connectivity index (χ0v) is 12.0. The number of hydrogen-bond acceptors (Lipinski definition) is 3. The molecular weight excluding hydrogens is 254 g/mol. The van der Waals surface area contributed by atoms with Crippen molar-refractivity contribution < 1.29 is 0 Å². The minimum atomic E-state index is 0.843. The predicted molar refractivity (Wildman–Crippen MR) is 80.3 cm³/mol. The second-order valence-electron chi connectivity index (χ2n) is 4.98. The molecule has 0 unspecified atom stereocenters. The summed E-state index contributed by atoms with van der Waals surface area (Å²) in [5.41, 5.74) is 2.46. The van der Waals surface area contributed by atoms with Crippen molar-refractivity contribution in [3.8, 4) is 0 Å². The normalized spacial score (nSPS) is 11.5. The molecule has 0 radical (unpaired) electrons. The molecule has 98 valence electrons. The molecule has 0 spiro atoms. The Labute approximate surface area is 116 Å². The van der Waals surface area contributed by atoms with E-state index >= 15 is 0 Å². The molecule has 3 nitrogen and oxygen atoms in total. The highest BCUT2D eigenvalue weighted by Crippen LogP contribution is 2.22. The molecule has 3 aromatic rings. The molecular formula is C15H17N3S. The largest absolute Gasteiger partial charge is 0.345 e. The smallest absolute Gasteiger partial charge is 0.120 e. The number of aromatic amines is 1. The number of fused-ring (bicyclic) bond motifs is 1. The van der Waals surface area contributed by atoms with Crippen LogP contribution in [0.4, 0.5) is 0 Å². The van der Waals surface area contributed by atoms with Gasteiger partial charge in [0.25, 0.3) is 0 Å². The van der Waals surface area contributed by atoms with Gasteiger partial charge in [-0.15, -0.1) is 11.3 Å². The molecule has 0 saturated heterocycles. The van der Waals surface area contributed by atoms with Gasteiger partial charge in [0, 0.05) is 23.1 Å². The number of nitrogens with zero attached hydrogens (tertiary/aromatic N) is 2. The molecule has 1 aromatic carbocycles. The van der Waals surface area contributed by atoms with Crippen LogP contribution in [0.25, 0.3) is 10.1 Å². The first-order valence-corrected chi connectivity index (χ1v) is 7.24. The molecule has 0 aliphatic carbocycles. The van der Waals surface area contributed by atoms with Gasteiger partial charge in [-0.25, -0.2) is 4.98 Å². The number of H-pyrrole nitrogens is 1. The maximum Gasteiger partial charge on any atom is 0.120 e. The Balaban J connectivity index is 1.69. The van der Waals surface area contributed by atoms with Gasteiger partial charge in [-0.1, -0.05) is 6.07 Å². The third-order valence-corrected chi connectivity index (χ3v) is 4.04. The first-order valence-electron chi connectivity index (χ1n) is 6.36. The lowest BCUT2D eigenvalue weighted by molar-refractivity contribution is 0.311. The summed E-state index contributed by atoms with van der Waals surface area (Å²) in [5, 5.41) is 3.48. The Morgan fingerprint density at radius 2 is 2.16 bits per heavy atom. The van der Waals surface area contributed by atoms with Crippen LogP contribution in [0.1, 0.15) is 17.1 Å². The molecule has 19 heavy (non-hydrogen) atoms. The van der Waals surface area contributed by atoms with E-state index < -0.39 is 0 Å². The minimum Gasteiger partial charge on any atom is -0.345 e. The second kappa shape index (κ2) is 5.15. The van der Waals surface area contributed by atoms with Crippen LogP contribution in [0.15, 0.2) is 35.8 Å². The van der Waals surface area contributed by atoms with Crippen molar-refractivity contribution in [3.05, 3.63) is 52.9 Å². The summed E-state index contributed by atoms with van der Waals surface area (Å²) in [6, 6.07) is 8.87. The summed E-state index contributed by atoms with van der Waals surface area (Å²) in [7, 11) is 2.12. The molecule has 0 atom stereocenters. The van der Waals surface area contributed by atoms with Gasteiger partial charge in [0.05, 0.1) is 6.54 Å². The quantitative estimate of drug-likeness (QED) is 0.786. The van der Waals surface area contributed by atoms with Crippen LogP contribution < -0.4 is 0 Å². The number of imidazole rings is 1. The van der Waals surface area contributed by atoms with Crippen molar-refractivity contribution in [2.45, 2.75) is 20.0 Å². The topological polar surface area (TPSA) is 31.9 Å².